The molecule has 1 unspecified atom stereocenters. The van der Waals surface area contributed by atoms with E-state index in [0.717, 1.165) is 34.9 Å². The molecular formula is C9H10NaO5P. The Morgan fingerprint density at radius 3 is 2.19 bits per heavy atom. The quantitative estimate of drug-likeness (QED) is 0.600. The van der Waals surface area contributed by atoms with E-state index in [1.54, 1.807) is 12.1 Å². The summed E-state index contributed by atoms with van der Waals surface area (Å²) in [5, 5.41) is 16.8. The molecule has 0 bridgehead atoms. The van der Waals surface area contributed by atoms with Crippen LogP contribution in [0.25, 0.3) is 0 Å². The number of carboxylic acids is 1. The van der Waals surface area contributed by atoms with Gasteiger partial charge in [0.25, 0.3) is 0 Å². The predicted molar refractivity (Wildman–Crippen MR) is 58.9 cm³/mol. The molecule has 0 heterocycles. The molecule has 7 heteroatoms. The summed E-state index contributed by atoms with van der Waals surface area (Å²) >= 11 is 1.01. The van der Waals surface area contributed by atoms with E-state index in [2.05, 4.69) is 0 Å². The van der Waals surface area contributed by atoms with Crippen LogP contribution in [-0.4, -0.2) is 49.8 Å². The number of hydrogen-bond acceptors (Lipinski definition) is 4. The normalized spacial score (nSPS) is 10.9. The van der Waals surface area contributed by atoms with Crippen molar-refractivity contribution in [3.05, 3.63) is 24.3 Å². The minimum atomic E-state index is -2.80. The van der Waals surface area contributed by atoms with Crippen LogP contribution in [-0.2, 0) is 13.9 Å². The van der Waals surface area contributed by atoms with E-state index < -0.39 is 19.3 Å². The van der Waals surface area contributed by atoms with Crippen molar-refractivity contribution >= 4 is 44.4 Å². The van der Waals surface area contributed by atoms with Gasteiger partial charge in [0.05, 0.1) is 0 Å². The van der Waals surface area contributed by atoms with Crippen molar-refractivity contribution in [3.63, 3.8) is 0 Å². The number of rotatable bonds is 2. The molecule has 82 valence electrons. The minimum absolute atomic E-state index is 0.373. The summed E-state index contributed by atoms with van der Waals surface area (Å²) in [6.07, 6.45) is 0. The number of hydrogen-bond donors (Lipinski definition) is 2. The molecule has 1 aromatic rings. The van der Waals surface area contributed by atoms with Crippen molar-refractivity contribution in [2.45, 2.75) is 12.6 Å². The fourth-order valence-electron chi connectivity index (χ4n) is 0.718. The maximum atomic E-state index is 9.80. The molecule has 1 aromatic carbocycles. The van der Waals surface area contributed by atoms with Gasteiger partial charge in [0.15, 0.2) is 5.66 Å². The Hall–Kier alpha value is -0.610. The van der Waals surface area contributed by atoms with Crippen LogP contribution in [0.4, 0.5) is 0 Å². The molecule has 16 heavy (non-hydrogen) atoms. The van der Waals surface area contributed by atoms with Crippen molar-refractivity contribution in [1.82, 2.24) is 0 Å². The Balaban J connectivity index is 0.000000281. The van der Waals surface area contributed by atoms with Crippen LogP contribution in [0.1, 0.15) is 6.92 Å². The summed E-state index contributed by atoms with van der Waals surface area (Å²) in [7, 11) is -2.80. The molecule has 0 aromatic heterocycles. The van der Waals surface area contributed by atoms with E-state index in [-0.39, 0.29) is 0 Å². The van der Waals surface area contributed by atoms with E-state index >= 15 is 0 Å². The Bertz CT molecular complexity index is 404. The molecule has 1 atom stereocenters. The van der Waals surface area contributed by atoms with Crippen LogP contribution in [0.15, 0.2) is 24.3 Å². The summed E-state index contributed by atoms with van der Waals surface area (Å²) in [5.74, 6) is -0.932. The van der Waals surface area contributed by atoms with Crippen molar-refractivity contribution in [2.75, 3.05) is 0 Å². The molecular weight excluding hydrogens is 242 g/mol. The van der Waals surface area contributed by atoms with Crippen LogP contribution < -0.4 is 2.81 Å². The van der Waals surface area contributed by atoms with Crippen LogP contribution in [0.5, 0.6) is 5.75 Å². The molecule has 0 saturated carbocycles. The van der Waals surface area contributed by atoms with Gasteiger partial charge in [0.2, 0.25) is 0 Å². The average molecular weight is 252 g/mol. The number of carboxylic acid groups (broad SMARTS) is 1. The molecule has 0 aliphatic carbocycles. The second-order valence-corrected chi connectivity index (χ2v) is 5.64. The van der Waals surface area contributed by atoms with Gasteiger partial charge in [-0.15, -0.1) is 0 Å². The molecule has 0 radical (unpaired) electrons. The van der Waals surface area contributed by atoms with Gasteiger partial charge in [-0.3, -0.25) is 4.79 Å². The zero-order valence-corrected chi connectivity index (χ0v) is 11.8. The van der Waals surface area contributed by atoms with Gasteiger partial charge < -0.3 is 5.11 Å². The first kappa shape index (κ1) is 15.4. The standard InChI is InChI=1S/C6H5O.C3H5O4P.Na/c7-6-4-2-1-3-5-6;1-2(3(4)5)8(6)7;/h1-2,4-5,7H;2H,1H3,(H,4,5);. The van der Waals surface area contributed by atoms with Crippen molar-refractivity contribution in [1.29, 1.82) is 0 Å². The molecule has 5 nitrogen and oxygen atoms in total. The first-order chi connectivity index (χ1) is 7.34. The van der Waals surface area contributed by atoms with Crippen LogP contribution >= 0.6 is 7.68 Å². The number of phenols is 1. The third kappa shape index (κ3) is 6.80. The average Bonchev–Trinajstić information content (AvgIpc) is 2.16. The third-order valence-corrected chi connectivity index (χ3v) is 3.15. The SMILES string of the molecule is CC(C(=O)O)P(=O)=O.Oc1ccc[c]([Na])c1. The molecule has 2 N–H and O–H groups in total. The number of carbonyl (C=O) groups is 1. The van der Waals surface area contributed by atoms with E-state index in [4.69, 9.17) is 10.2 Å². The number of benzene rings is 1. The monoisotopic (exact) mass is 252 g/mol. The fraction of sp³-hybridized carbons (Fsp3) is 0.222. The van der Waals surface area contributed by atoms with Gasteiger partial charge in [-0.2, -0.15) is 0 Å². The molecule has 1 rings (SSSR count). The summed E-state index contributed by atoms with van der Waals surface area (Å²) in [4.78, 5) is 9.76. The van der Waals surface area contributed by atoms with Gasteiger partial charge in [-0.1, -0.05) is 0 Å². The summed E-state index contributed by atoms with van der Waals surface area (Å²) in [5.41, 5.74) is -1.26. The maximum absolute atomic E-state index is 9.80. The summed E-state index contributed by atoms with van der Waals surface area (Å²) in [6, 6.07) is 7.33. The van der Waals surface area contributed by atoms with Crippen LogP contribution in [0.2, 0.25) is 0 Å². The zero-order chi connectivity index (χ0) is 12.7. The van der Waals surface area contributed by atoms with Gasteiger partial charge in [-0.05, 0) is 6.92 Å². The zero-order valence-electron chi connectivity index (χ0n) is 8.95. The van der Waals surface area contributed by atoms with Gasteiger partial charge >= 0.3 is 79.5 Å². The van der Waals surface area contributed by atoms with Gasteiger partial charge in [0, 0.05) is 0 Å². The fourth-order valence-corrected chi connectivity index (χ4v) is 1.39. The van der Waals surface area contributed by atoms with Crippen molar-refractivity contribution in [2.24, 2.45) is 0 Å². The third-order valence-electron chi connectivity index (χ3n) is 1.68. The van der Waals surface area contributed by atoms with E-state index in [9.17, 15) is 13.9 Å². The summed E-state index contributed by atoms with van der Waals surface area (Å²) < 4.78 is 20.8. The van der Waals surface area contributed by atoms with Gasteiger partial charge in [-0.25, -0.2) is 9.13 Å². The number of aromatic hydroxyl groups is 1. The molecule has 0 amide bonds. The summed E-state index contributed by atoms with van der Waals surface area (Å²) in [6.45, 7) is 1.12. The van der Waals surface area contributed by atoms with E-state index in [1.807, 2.05) is 12.1 Å². The Kier molecular flexibility index (Phi) is 7.34. The number of aliphatic carboxylic acids is 1. The molecule has 0 fully saturated rings. The molecule has 0 saturated heterocycles. The van der Waals surface area contributed by atoms with Crippen molar-refractivity contribution in [3.8, 4) is 5.75 Å². The first-order valence-corrected chi connectivity index (χ1v) is 6.71. The van der Waals surface area contributed by atoms with Gasteiger partial charge in [0.1, 0.15) is 0 Å². The van der Waals surface area contributed by atoms with E-state index in [0.29, 0.717) is 5.75 Å². The van der Waals surface area contributed by atoms with Crippen molar-refractivity contribution < 1.29 is 24.1 Å². The molecule has 0 spiro atoms. The van der Waals surface area contributed by atoms with E-state index in [1.165, 1.54) is 2.81 Å². The topological polar surface area (TPSA) is 91.7 Å². The Morgan fingerprint density at radius 1 is 1.44 bits per heavy atom. The molecule has 0 aliphatic rings. The molecule has 0 aliphatic heterocycles. The predicted octanol–water partition coefficient (Wildman–Crippen LogP) is 0.818. The first-order valence-electron chi connectivity index (χ1n) is 4.46. The van der Waals surface area contributed by atoms with Crippen LogP contribution in [0, 0.1) is 0 Å². The Labute approximate surface area is 111 Å². The number of phenolic OH excluding ortho intramolecular Hbond substituents is 1. The second-order valence-electron chi connectivity index (χ2n) is 3.14. The Morgan fingerprint density at radius 2 is 2.00 bits per heavy atom. The second kappa shape index (κ2) is 7.63. The van der Waals surface area contributed by atoms with Crippen LogP contribution in [0.3, 0.4) is 0 Å².